The van der Waals surface area contributed by atoms with E-state index in [9.17, 15) is 0 Å². The first-order chi connectivity index (χ1) is 32.5. The second-order valence-corrected chi connectivity index (χ2v) is 18.0. The molecule has 66 heavy (non-hydrogen) atoms. The highest BCUT2D eigenvalue weighted by molar-refractivity contribution is 6.21. The molecule has 0 saturated heterocycles. The van der Waals surface area contributed by atoms with Crippen molar-refractivity contribution in [2.75, 3.05) is 4.90 Å². The number of fused-ring (bicyclic) bond motifs is 6. The van der Waals surface area contributed by atoms with Crippen LogP contribution in [0.25, 0.3) is 88.3 Å². The second-order valence-electron chi connectivity index (χ2n) is 18.0. The lowest BCUT2D eigenvalue weighted by molar-refractivity contribution is 0.660. The van der Waals surface area contributed by atoms with Gasteiger partial charge in [-0.25, -0.2) is 0 Å². The van der Waals surface area contributed by atoms with Crippen molar-refractivity contribution in [1.29, 1.82) is 0 Å². The van der Waals surface area contributed by atoms with Crippen molar-refractivity contribution in [3.63, 3.8) is 0 Å². The van der Waals surface area contributed by atoms with Crippen LogP contribution in [-0.4, -0.2) is 0 Å². The highest BCUT2D eigenvalue weighted by Crippen LogP contribution is 2.54. The maximum absolute atomic E-state index is 2.47. The molecule has 1 aliphatic rings. The van der Waals surface area contributed by atoms with Gasteiger partial charge in [0.05, 0.1) is 5.69 Å². The maximum atomic E-state index is 2.47. The average molecular weight is 842 g/mol. The summed E-state index contributed by atoms with van der Waals surface area (Å²) in [5.74, 6) is 0. The summed E-state index contributed by atoms with van der Waals surface area (Å²) >= 11 is 0. The molecular formula is C65H47N. The number of hydrogen-bond acceptors (Lipinski definition) is 1. The Balaban J connectivity index is 1.10. The standard InChI is InChI=1S/C65H47N/c1-65(2)59-34-18-16-32-57(59)64-56(33-20-35-60(64)65)53-29-17-19-36-61(53)66(49-41-42-50(44-21-6-3-7-22-44)58(43-49)45-23-8-4-9-24-45)48-39-37-47(38-40-48)63-55-31-15-13-28-52(55)51-27-12-14-30-54(51)62(63)46-25-10-5-11-26-46/h3-43H,1-2H3. The van der Waals surface area contributed by atoms with Crippen LogP contribution in [0.1, 0.15) is 25.0 Å². The first-order valence-corrected chi connectivity index (χ1v) is 23.0. The summed E-state index contributed by atoms with van der Waals surface area (Å²) in [5.41, 5.74) is 20.6. The molecule has 0 N–H and O–H groups in total. The molecule has 1 heteroatoms. The van der Waals surface area contributed by atoms with E-state index in [1.807, 2.05) is 0 Å². The molecule has 0 saturated carbocycles. The van der Waals surface area contributed by atoms with E-state index in [1.54, 1.807) is 0 Å². The van der Waals surface area contributed by atoms with Crippen LogP contribution in [0, 0.1) is 0 Å². The van der Waals surface area contributed by atoms with Gasteiger partial charge in [-0.15, -0.1) is 0 Å². The second kappa shape index (κ2) is 16.1. The molecule has 0 atom stereocenters. The van der Waals surface area contributed by atoms with Gasteiger partial charge >= 0.3 is 0 Å². The summed E-state index contributed by atoms with van der Waals surface area (Å²) in [7, 11) is 0. The minimum Gasteiger partial charge on any atom is -0.310 e. The summed E-state index contributed by atoms with van der Waals surface area (Å²) in [4.78, 5) is 2.47. The van der Waals surface area contributed by atoms with Gasteiger partial charge in [0, 0.05) is 22.4 Å². The van der Waals surface area contributed by atoms with Crippen LogP contribution in [0.5, 0.6) is 0 Å². The number of benzene rings is 11. The molecule has 11 aromatic rings. The van der Waals surface area contributed by atoms with Gasteiger partial charge in [0.25, 0.3) is 0 Å². The van der Waals surface area contributed by atoms with Gasteiger partial charge in [0.15, 0.2) is 0 Å². The van der Waals surface area contributed by atoms with E-state index >= 15 is 0 Å². The fraction of sp³-hybridized carbons (Fsp3) is 0.0462. The summed E-state index contributed by atoms with van der Waals surface area (Å²) in [5, 5.41) is 5.02. The molecular weight excluding hydrogens is 795 g/mol. The molecule has 0 aliphatic heterocycles. The zero-order valence-corrected chi connectivity index (χ0v) is 37.1. The number of para-hydroxylation sites is 1. The Hall–Kier alpha value is -8.26. The molecule has 0 aromatic heterocycles. The van der Waals surface area contributed by atoms with Gasteiger partial charge in [0.2, 0.25) is 0 Å². The zero-order valence-electron chi connectivity index (χ0n) is 37.1. The lowest BCUT2D eigenvalue weighted by atomic mass is 9.82. The molecule has 11 aromatic carbocycles. The molecule has 12 rings (SSSR count). The Morgan fingerprint density at radius 1 is 0.273 bits per heavy atom. The largest absolute Gasteiger partial charge is 0.310 e. The van der Waals surface area contributed by atoms with Crippen LogP contribution in [0.3, 0.4) is 0 Å². The normalized spacial score (nSPS) is 12.5. The molecule has 0 heterocycles. The monoisotopic (exact) mass is 841 g/mol. The Morgan fingerprint density at radius 2 is 0.727 bits per heavy atom. The van der Waals surface area contributed by atoms with Crippen molar-refractivity contribution in [2.24, 2.45) is 0 Å². The molecule has 0 unspecified atom stereocenters. The van der Waals surface area contributed by atoms with Gasteiger partial charge in [-0.05, 0) is 124 Å². The van der Waals surface area contributed by atoms with Crippen LogP contribution >= 0.6 is 0 Å². The predicted molar refractivity (Wildman–Crippen MR) is 281 cm³/mol. The molecule has 0 amide bonds. The van der Waals surface area contributed by atoms with Crippen molar-refractivity contribution >= 4 is 38.6 Å². The van der Waals surface area contributed by atoms with E-state index in [-0.39, 0.29) is 5.41 Å². The van der Waals surface area contributed by atoms with Crippen LogP contribution in [0.2, 0.25) is 0 Å². The SMILES string of the molecule is CC1(C)c2ccccc2-c2c(-c3ccccc3N(c3ccc(-c4c(-c5ccccc5)c5ccccc5c5ccccc45)cc3)c3ccc(-c4ccccc4)c(-c4ccccc4)c3)cccc21. The molecule has 1 aliphatic carbocycles. The highest BCUT2D eigenvalue weighted by atomic mass is 15.1. The predicted octanol–water partition coefficient (Wildman–Crippen LogP) is 18.1. The van der Waals surface area contributed by atoms with E-state index in [0.717, 1.165) is 17.1 Å². The summed E-state index contributed by atoms with van der Waals surface area (Å²) in [6.07, 6.45) is 0. The molecule has 0 fully saturated rings. The minimum absolute atomic E-state index is 0.115. The average Bonchev–Trinajstić information content (AvgIpc) is 3.63. The van der Waals surface area contributed by atoms with Gasteiger partial charge < -0.3 is 4.90 Å². The number of anilines is 3. The number of rotatable bonds is 8. The Morgan fingerprint density at radius 3 is 1.36 bits per heavy atom. The minimum atomic E-state index is -0.115. The molecule has 0 spiro atoms. The van der Waals surface area contributed by atoms with Gasteiger partial charge in [0.1, 0.15) is 0 Å². The lowest BCUT2D eigenvalue weighted by Crippen LogP contribution is -2.15. The van der Waals surface area contributed by atoms with Gasteiger partial charge in [-0.1, -0.05) is 232 Å². The quantitative estimate of drug-likeness (QED) is 0.138. The fourth-order valence-corrected chi connectivity index (χ4v) is 10.8. The van der Waals surface area contributed by atoms with Crippen molar-refractivity contribution in [2.45, 2.75) is 19.3 Å². The maximum Gasteiger partial charge on any atom is 0.0540 e. The van der Waals surface area contributed by atoms with Crippen LogP contribution < -0.4 is 4.90 Å². The number of hydrogen-bond donors (Lipinski definition) is 0. The van der Waals surface area contributed by atoms with E-state index in [1.165, 1.54) is 99.4 Å². The van der Waals surface area contributed by atoms with E-state index in [4.69, 9.17) is 0 Å². The van der Waals surface area contributed by atoms with E-state index in [0.29, 0.717) is 0 Å². The van der Waals surface area contributed by atoms with Crippen molar-refractivity contribution < 1.29 is 0 Å². The third-order valence-corrected chi connectivity index (χ3v) is 13.9. The van der Waals surface area contributed by atoms with Crippen molar-refractivity contribution in [3.05, 3.63) is 260 Å². The molecule has 1 nitrogen and oxygen atoms in total. The van der Waals surface area contributed by atoms with E-state index < -0.39 is 0 Å². The Kier molecular flexibility index (Phi) is 9.58. The molecule has 312 valence electrons. The first kappa shape index (κ1) is 39.3. The van der Waals surface area contributed by atoms with E-state index in [2.05, 4.69) is 267 Å². The first-order valence-electron chi connectivity index (χ1n) is 23.0. The smallest absolute Gasteiger partial charge is 0.0540 e. The van der Waals surface area contributed by atoms with Gasteiger partial charge in [-0.3, -0.25) is 0 Å². The molecule has 0 bridgehead atoms. The summed E-state index contributed by atoms with van der Waals surface area (Å²) in [6, 6.07) is 91.4. The highest BCUT2D eigenvalue weighted by Gasteiger charge is 2.37. The topological polar surface area (TPSA) is 3.24 Å². The van der Waals surface area contributed by atoms with Crippen LogP contribution in [0.15, 0.2) is 249 Å². The lowest BCUT2D eigenvalue weighted by Gasteiger charge is -2.30. The number of nitrogens with zero attached hydrogens (tertiary/aromatic N) is 1. The van der Waals surface area contributed by atoms with Crippen LogP contribution in [-0.2, 0) is 5.41 Å². The van der Waals surface area contributed by atoms with Crippen molar-refractivity contribution in [1.82, 2.24) is 0 Å². The van der Waals surface area contributed by atoms with Crippen LogP contribution in [0.4, 0.5) is 17.1 Å². The Bertz CT molecular complexity index is 3590. The third kappa shape index (κ3) is 6.46. The fourth-order valence-electron chi connectivity index (χ4n) is 10.8. The summed E-state index contributed by atoms with van der Waals surface area (Å²) in [6.45, 7) is 4.73. The Labute approximate surface area is 387 Å². The third-order valence-electron chi connectivity index (χ3n) is 13.9. The summed E-state index contributed by atoms with van der Waals surface area (Å²) < 4.78 is 0. The zero-order chi connectivity index (χ0) is 44.2. The van der Waals surface area contributed by atoms with Gasteiger partial charge in [-0.2, -0.15) is 0 Å². The van der Waals surface area contributed by atoms with Crippen molar-refractivity contribution in [3.8, 4) is 66.8 Å². The molecule has 0 radical (unpaired) electrons.